The van der Waals surface area contributed by atoms with Crippen molar-refractivity contribution in [3.05, 3.63) is 59.7 Å². The Bertz CT molecular complexity index is 823. The van der Waals surface area contributed by atoms with Crippen LogP contribution in [0.25, 0.3) is 0 Å². The molecular formula is C22H26N2O4. The average molecular weight is 382 g/mol. The monoisotopic (exact) mass is 382 g/mol. The van der Waals surface area contributed by atoms with Crippen molar-refractivity contribution in [2.75, 3.05) is 27.3 Å². The quantitative estimate of drug-likeness (QED) is 0.711. The molecule has 0 aliphatic carbocycles. The summed E-state index contributed by atoms with van der Waals surface area (Å²) in [5.74, 6) is 1.01. The van der Waals surface area contributed by atoms with Crippen molar-refractivity contribution < 1.29 is 19.1 Å². The zero-order valence-corrected chi connectivity index (χ0v) is 16.3. The van der Waals surface area contributed by atoms with E-state index in [1.54, 1.807) is 25.3 Å². The van der Waals surface area contributed by atoms with Gasteiger partial charge in [-0.25, -0.2) is 0 Å². The number of carbonyl (C=O) groups is 2. The van der Waals surface area contributed by atoms with E-state index in [1.165, 1.54) is 7.11 Å². The van der Waals surface area contributed by atoms with Gasteiger partial charge < -0.3 is 14.8 Å². The largest absolute Gasteiger partial charge is 0.497 e. The fourth-order valence-corrected chi connectivity index (χ4v) is 3.51. The van der Waals surface area contributed by atoms with Crippen LogP contribution in [-0.4, -0.2) is 49.9 Å². The van der Waals surface area contributed by atoms with Gasteiger partial charge in [0.05, 0.1) is 32.4 Å². The molecule has 0 bridgehead atoms. The highest BCUT2D eigenvalue weighted by Crippen LogP contribution is 2.26. The Kier molecular flexibility index (Phi) is 6.66. The van der Waals surface area contributed by atoms with Crippen LogP contribution in [-0.2, 0) is 11.3 Å². The number of hydrogen-bond acceptors (Lipinski definition) is 5. The lowest BCUT2D eigenvalue weighted by atomic mass is 10.1. The van der Waals surface area contributed by atoms with Gasteiger partial charge >= 0.3 is 0 Å². The fourth-order valence-electron chi connectivity index (χ4n) is 3.51. The number of Topliss-reactive ketones (excluding diaryl/α,β-unsaturated/α-hetero) is 1. The molecule has 1 heterocycles. The number of ketones is 1. The SMILES string of the molecule is COc1ccc(C(=O)CN2CCC[C@H]2C(=O)NCc2ccccc2)c(OC)c1. The summed E-state index contributed by atoms with van der Waals surface area (Å²) in [6.45, 7) is 1.41. The summed E-state index contributed by atoms with van der Waals surface area (Å²) < 4.78 is 10.5. The molecule has 3 rings (SSSR count). The molecule has 1 aliphatic rings. The number of methoxy groups -OCH3 is 2. The lowest BCUT2D eigenvalue weighted by molar-refractivity contribution is -0.125. The fraction of sp³-hybridized carbons (Fsp3) is 0.364. The van der Waals surface area contributed by atoms with Gasteiger partial charge in [0.1, 0.15) is 11.5 Å². The molecule has 6 nitrogen and oxygen atoms in total. The van der Waals surface area contributed by atoms with Crippen molar-refractivity contribution >= 4 is 11.7 Å². The van der Waals surface area contributed by atoms with Gasteiger partial charge in [-0.05, 0) is 37.1 Å². The summed E-state index contributed by atoms with van der Waals surface area (Å²) in [5.41, 5.74) is 1.55. The van der Waals surface area contributed by atoms with E-state index in [0.29, 0.717) is 23.6 Å². The molecule has 0 aromatic heterocycles. The summed E-state index contributed by atoms with van der Waals surface area (Å²) in [6, 6.07) is 14.7. The van der Waals surface area contributed by atoms with Crippen molar-refractivity contribution in [3.63, 3.8) is 0 Å². The van der Waals surface area contributed by atoms with Crippen LogP contribution in [0.15, 0.2) is 48.5 Å². The third kappa shape index (κ3) is 4.70. The van der Waals surface area contributed by atoms with Gasteiger partial charge in [0.25, 0.3) is 0 Å². The third-order valence-electron chi connectivity index (χ3n) is 5.03. The second-order valence-electron chi connectivity index (χ2n) is 6.82. The Morgan fingerprint density at radius 1 is 1.11 bits per heavy atom. The highest BCUT2D eigenvalue weighted by molar-refractivity contribution is 6.00. The van der Waals surface area contributed by atoms with Crippen LogP contribution in [0.4, 0.5) is 0 Å². The summed E-state index contributed by atoms with van der Waals surface area (Å²) in [6.07, 6.45) is 1.66. The van der Waals surface area contributed by atoms with Crippen LogP contribution < -0.4 is 14.8 Å². The van der Waals surface area contributed by atoms with Crippen molar-refractivity contribution in [2.24, 2.45) is 0 Å². The first-order chi connectivity index (χ1) is 13.6. The molecule has 28 heavy (non-hydrogen) atoms. The predicted molar refractivity (Wildman–Crippen MR) is 107 cm³/mol. The first kappa shape index (κ1) is 19.9. The molecule has 1 saturated heterocycles. The van der Waals surface area contributed by atoms with Gasteiger partial charge in [-0.2, -0.15) is 0 Å². The zero-order chi connectivity index (χ0) is 19.9. The molecule has 6 heteroatoms. The lowest BCUT2D eigenvalue weighted by Crippen LogP contribution is -2.44. The third-order valence-corrected chi connectivity index (χ3v) is 5.03. The van der Waals surface area contributed by atoms with Crippen LogP contribution in [0.2, 0.25) is 0 Å². The topological polar surface area (TPSA) is 67.9 Å². The van der Waals surface area contributed by atoms with Gasteiger partial charge in [-0.1, -0.05) is 30.3 Å². The maximum absolute atomic E-state index is 12.8. The maximum Gasteiger partial charge on any atom is 0.237 e. The number of nitrogens with one attached hydrogen (secondary N) is 1. The Morgan fingerprint density at radius 2 is 1.89 bits per heavy atom. The van der Waals surface area contributed by atoms with Crippen LogP contribution in [0.3, 0.4) is 0 Å². The van der Waals surface area contributed by atoms with E-state index in [9.17, 15) is 9.59 Å². The molecule has 0 unspecified atom stereocenters. The molecular weight excluding hydrogens is 356 g/mol. The van der Waals surface area contributed by atoms with Gasteiger partial charge in [-0.3, -0.25) is 14.5 Å². The Hall–Kier alpha value is -2.86. The number of likely N-dealkylation sites (tertiary alicyclic amines) is 1. The van der Waals surface area contributed by atoms with Crippen molar-refractivity contribution in [2.45, 2.75) is 25.4 Å². The number of amides is 1. The minimum Gasteiger partial charge on any atom is -0.497 e. The number of rotatable bonds is 8. The second kappa shape index (κ2) is 9.37. The smallest absolute Gasteiger partial charge is 0.237 e. The summed E-state index contributed by atoms with van der Waals surface area (Å²) in [5, 5.41) is 2.99. The number of hydrogen-bond donors (Lipinski definition) is 1. The van der Waals surface area contributed by atoms with E-state index in [2.05, 4.69) is 5.32 Å². The maximum atomic E-state index is 12.8. The molecule has 1 N–H and O–H groups in total. The number of benzene rings is 2. The van der Waals surface area contributed by atoms with E-state index in [1.807, 2.05) is 35.2 Å². The lowest BCUT2D eigenvalue weighted by Gasteiger charge is -2.23. The highest BCUT2D eigenvalue weighted by Gasteiger charge is 2.32. The summed E-state index contributed by atoms with van der Waals surface area (Å²) in [7, 11) is 3.10. The predicted octanol–water partition coefficient (Wildman–Crippen LogP) is 2.67. The molecule has 2 aromatic carbocycles. The molecule has 1 atom stereocenters. The van der Waals surface area contributed by atoms with Gasteiger partial charge in [0.2, 0.25) is 5.91 Å². The van der Waals surface area contributed by atoms with Gasteiger partial charge in [0.15, 0.2) is 5.78 Å². The van der Waals surface area contributed by atoms with E-state index in [4.69, 9.17) is 9.47 Å². The van der Waals surface area contributed by atoms with E-state index in [0.717, 1.165) is 24.9 Å². The molecule has 0 saturated carbocycles. The van der Waals surface area contributed by atoms with E-state index < -0.39 is 0 Å². The first-order valence-corrected chi connectivity index (χ1v) is 9.43. The van der Waals surface area contributed by atoms with Crippen molar-refractivity contribution in [1.82, 2.24) is 10.2 Å². The molecule has 1 amide bonds. The summed E-state index contributed by atoms with van der Waals surface area (Å²) in [4.78, 5) is 27.4. The zero-order valence-electron chi connectivity index (χ0n) is 16.3. The van der Waals surface area contributed by atoms with E-state index in [-0.39, 0.29) is 24.3 Å². The Labute approximate surface area is 165 Å². The highest BCUT2D eigenvalue weighted by atomic mass is 16.5. The second-order valence-corrected chi connectivity index (χ2v) is 6.82. The Morgan fingerprint density at radius 3 is 2.61 bits per heavy atom. The minimum atomic E-state index is -0.281. The van der Waals surface area contributed by atoms with Crippen molar-refractivity contribution in [3.8, 4) is 11.5 Å². The van der Waals surface area contributed by atoms with Crippen molar-refractivity contribution in [1.29, 1.82) is 0 Å². The number of ether oxygens (including phenoxy) is 2. The molecule has 1 aliphatic heterocycles. The summed E-state index contributed by atoms with van der Waals surface area (Å²) >= 11 is 0. The minimum absolute atomic E-state index is 0.0316. The molecule has 1 fully saturated rings. The molecule has 0 spiro atoms. The van der Waals surface area contributed by atoms with Crippen LogP contribution in [0, 0.1) is 0 Å². The Balaban J connectivity index is 1.63. The average Bonchev–Trinajstić information content (AvgIpc) is 3.20. The van der Waals surface area contributed by atoms with Gasteiger partial charge in [0, 0.05) is 12.6 Å². The molecule has 148 valence electrons. The first-order valence-electron chi connectivity index (χ1n) is 9.43. The number of nitrogens with zero attached hydrogens (tertiary/aromatic N) is 1. The van der Waals surface area contributed by atoms with Crippen LogP contribution in [0.1, 0.15) is 28.8 Å². The standard InChI is InChI=1S/C22H26N2O4/c1-27-17-10-11-18(21(13-17)28-2)20(25)15-24-12-6-9-19(24)22(26)23-14-16-7-4-3-5-8-16/h3-5,7-8,10-11,13,19H,6,9,12,14-15H2,1-2H3,(H,23,26)/t19-/m0/s1. The van der Waals surface area contributed by atoms with Crippen LogP contribution >= 0.6 is 0 Å². The molecule has 2 aromatic rings. The van der Waals surface area contributed by atoms with Crippen LogP contribution in [0.5, 0.6) is 11.5 Å². The number of carbonyl (C=O) groups excluding carboxylic acids is 2. The normalized spacial score (nSPS) is 16.6. The van der Waals surface area contributed by atoms with Gasteiger partial charge in [-0.15, -0.1) is 0 Å². The van der Waals surface area contributed by atoms with E-state index >= 15 is 0 Å². The molecule has 0 radical (unpaired) electrons.